The third kappa shape index (κ3) is 2.57. The maximum atomic E-state index is 12.3. The third-order valence-electron chi connectivity index (χ3n) is 4.32. The summed E-state index contributed by atoms with van der Waals surface area (Å²) >= 11 is 6.32. The van der Waals surface area contributed by atoms with E-state index in [0.717, 1.165) is 16.5 Å². The molecule has 2 aromatic heterocycles. The fourth-order valence-electron chi connectivity index (χ4n) is 3.16. The number of esters is 1. The molecule has 0 atom stereocenters. The van der Waals surface area contributed by atoms with Crippen molar-refractivity contribution in [1.29, 1.82) is 0 Å². The van der Waals surface area contributed by atoms with Crippen molar-refractivity contribution < 1.29 is 9.53 Å². The molecule has 2 heterocycles. The van der Waals surface area contributed by atoms with E-state index in [1.807, 2.05) is 42.5 Å². The Kier molecular flexibility index (Phi) is 4.01. The zero-order valence-electron chi connectivity index (χ0n) is 13.9. The molecule has 0 aliphatic rings. The number of carbonyl (C=O) groups is 1. The molecule has 0 radical (unpaired) electrons. The molecule has 0 saturated carbocycles. The second-order valence-corrected chi connectivity index (χ2v) is 6.27. The molecule has 4 aromatic rings. The van der Waals surface area contributed by atoms with Gasteiger partial charge in [0.2, 0.25) is 0 Å². The molecule has 26 heavy (non-hydrogen) atoms. The number of hydrogen-bond acceptors (Lipinski definition) is 3. The summed E-state index contributed by atoms with van der Waals surface area (Å²) in [4.78, 5) is 30.4. The summed E-state index contributed by atoms with van der Waals surface area (Å²) in [6.07, 6.45) is 1.51. The molecule has 0 saturated heterocycles. The van der Waals surface area contributed by atoms with E-state index in [-0.39, 0.29) is 12.2 Å². The average molecular weight is 367 g/mol. The number of halogens is 1. The van der Waals surface area contributed by atoms with Crippen LogP contribution in [0.4, 0.5) is 0 Å². The SMILES string of the molecule is CCOC(=O)c1c[nH]c2c(=O)[nH]c3ccc(-c4ccccc4Cl)cc3c12. The van der Waals surface area contributed by atoms with Crippen LogP contribution in [0, 0.1) is 0 Å². The first-order valence-corrected chi connectivity index (χ1v) is 8.57. The summed E-state index contributed by atoms with van der Waals surface area (Å²) in [5.74, 6) is -0.464. The van der Waals surface area contributed by atoms with Crippen molar-refractivity contribution in [2.45, 2.75) is 6.92 Å². The number of H-pyrrole nitrogens is 2. The van der Waals surface area contributed by atoms with Crippen molar-refractivity contribution in [2.75, 3.05) is 6.61 Å². The Hall–Kier alpha value is -3.05. The van der Waals surface area contributed by atoms with Gasteiger partial charge in [-0.2, -0.15) is 0 Å². The molecule has 2 aromatic carbocycles. The molecule has 0 aliphatic heterocycles. The van der Waals surface area contributed by atoms with Gasteiger partial charge in [-0.05, 0) is 30.7 Å². The molecule has 130 valence electrons. The number of ether oxygens (including phenoxy) is 1. The Labute approximate surface area is 153 Å². The van der Waals surface area contributed by atoms with Gasteiger partial charge in [-0.15, -0.1) is 0 Å². The van der Waals surface area contributed by atoms with E-state index in [4.69, 9.17) is 16.3 Å². The normalized spacial score (nSPS) is 11.2. The van der Waals surface area contributed by atoms with E-state index in [1.165, 1.54) is 6.20 Å². The highest BCUT2D eigenvalue weighted by Crippen LogP contribution is 2.32. The second kappa shape index (κ2) is 6.35. The van der Waals surface area contributed by atoms with Crippen LogP contribution < -0.4 is 5.56 Å². The lowest BCUT2D eigenvalue weighted by Crippen LogP contribution is -2.08. The molecule has 0 spiro atoms. The molecule has 0 unspecified atom stereocenters. The summed E-state index contributed by atoms with van der Waals surface area (Å²) in [7, 11) is 0. The molecule has 0 aliphatic carbocycles. The minimum atomic E-state index is -0.464. The number of aromatic amines is 2. The van der Waals surface area contributed by atoms with Gasteiger partial charge in [0.15, 0.2) is 0 Å². The number of nitrogens with one attached hydrogen (secondary N) is 2. The van der Waals surface area contributed by atoms with Crippen LogP contribution in [0.25, 0.3) is 32.9 Å². The Balaban J connectivity index is 2.05. The Morgan fingerprint density at radius 1 is 1.19 bits per heavy atom. The molecule has 4 rings (SSSR count). The fourth-order valence-corrected chi connectivity index (χ4v) is 3.40. The lowest BCUT2D eigenvalue weighted by atomic mass is 10.0. The zero-order valence-corrected chi connectivity index (χ0v) is 14.7. The lowest BCUT2D eigenvalue weighted by molar-refractivity contribution is 0.0529. The molecule has 0 fully saturated rings. The molecule has 0 bridgehead atoms. The van der Waals surface area contributed by atoms with E-state index < -0.39 is 5.97 Å². The maximum Gasteiger partial charge on any atom is 0.340 e. The number of fused-ring (bicyclic) bond motifs is 3. The number of hydrogen-bond donors (Lipinski definition) is 2. The standard InChI is InChI=1S/C20H15ClN2O3/c1-2-26-20(25)14-10-22-18-17(14)13-9-11(7-8-16(13)23-19(18)24)12-5-3-4-6-15(12)21/h3-10,22H,2H2,1H3,(H,23,24). The van der Waals surface area contributed by atoms with Gasteiger partial charge < -0.3 is 14.7 Å². The smallest absolute Gasteiger partial charge is 0.340 e. The zero-order chi connectivity index (χ0) is 18.3. The summed E-state index contributed by atoms with van der Waals surface area (Å²) in [5, 5.41) is 1.93. The summed E-state index contributed by atoms with van der Waals surface area (Å²) in [5.41, 5.74) is 2.82. The van der Waals surface area contributed by atoms with Crippen molar-refractivity contribution in [3.8, 4) is 11.1 Å². The predicted molar refractivity (Wildman–Crippen MR) is 103 cm³/mol. The average Bonchev–Trinajstić information content (AvgIpc) is 3.08. The van der Waals surface area contributed by atoms with Crippen molar-refractivity contribution in [2.24, 2.45) is 0 Å². The first kappa shape index (κ1) is 16.4. The summed E-state index contributed by atoms with van der Waals surface area (Å²) in [6, 6.07) is 13.2. The van der Waals surface area contributed by atoms with E-state index in [1.54, 1.807) is 6.92 Å². The summed E-state index contributed by atoms with van der Waals surface area (Å²) < 4.78 is 5.12. The van der Waals surface area contributed by atoms with Crippen LogP contribution in [-0.4, -0.2) is 22.5 Å². The fraction of sp³-hybridized carbons (Fsp3) is 0.100. The molecular weight excluding hydrogens is 352 g/mol. The minimum absolute atomic E-state index is 0.261. The van der Waals surface area contributed by atoms with Crippen LogP contribution in [0.15, 0.2) is 53.5 Å². The van der Waals surface area contributed by atoms with E-state index in [0.29, 0.717) is 27.0 Å². The van der Waals surface area contributed by atoms with E-state index in [9.17, 15) is 9.59 Å². The van der Waals surface area contributed by atoms with Gasteiger partial charge in [0.1, 0.15) is 5.52 Å². The van der Waals surface area contributed by atoms with Gasteiger partial charge in [0, 0.05) is 33.1 Å². The van der Waals surface area contributed by atoms with Crippen molar-refractivity contribution in [3.63, 3.8) is 0 Å². The van der Waals surface area contributed by atoms with Crippen LogP contribution in [0.1, 0.15) is 17.3 Å². The molecular formula is C20H15ClN2O3. The number of aromatic nitrogens is 2. The van der Waals surface area contributed by atoms with Crippen molar-refractivity contribution in [1.82, 2.24) is 9.97 Å². The van der Waals surface area contributed by atoms with Gasteiger partial charge in [0.05, 0.1) is 12.2 Å². The lowest BCUT2D eigenvalue weighted by Gasteiger charge is -2.08. The predicted octanol–water partition coefficient (Wildman–Crippen LogP) is 4.51. The highest BCUT2D eigenvalue weighted by molar-refractivity contribution is 6.33. The van der Waals surface area contributed by atoms with Gasteiger partial charge in [-0.25, -0.2) is 4.79 Å². The quantitative estimate of drug-likeness (QED) is 0.524. The van der Waals surface area contributed by atoms with E-state index in [2.05, 4.69) is 9.97 Å². The van der Waals surface area contributed by atoms with Gasteiger partial charge in [-0.1, -0.05) is 35.9 Å². The third-order valence-corrected chi connectivity index (χ3v) is 4.65. The highest BCUT2D eigenvalue weighted by Gasteiger charge is 2.18. The first-order valence-electron chi connectivity index (χ1n) is 8.19. The summed E-state index contributed by atoms with van der Waals surface area (Å²) in [6.45, 7) is 2.00. The Morgan fingerprint density at radius 3 is 2.77 bits per heavy atom. The van der Waals surface area contributed by atoms with Crippen LogP contribution in [0.3, 0.4) is 0 Å². The van der Waals surface area contributed by atoms with Crippen LogP contribution in [0.5, 0.6) is 0 Å². The van der Waals surface area contributed by atoms with Crippen molar-refractivity contribution in [3.05, 3.63) is 69.6 Å². The topological polar surface area (TPSA) is 75.0 Å². The highest BCUT2D eigenvalue weighted by atomic mass is 35.5. The van der Waals surface area contributed by atoms with Gasteiger partial charge in [-0.3, -0.25) is 4.79 Å². The van der Waals surface area contributed by atoms with Crippen LogP contribution in [-0.2, 0) is 4.74 Å². The number of pyridine rings is 1. The van der Waals surface area contributed by atoms with Gasteiger partial charge >= 0.3 is 5.97 Å². The number of rotatable bonds is 3. The van der Waals surface area contributed by atoms with Gasteiger partial charge in [0.25, 0.3) is 5.56 Å². The minimum Gasteiger partial charge on any atom is -0.462 e. The van der Waals surface area contributed by atoms with E-state index >= 15 is 0 Å². The second-order valence-electron chi connectivity index (χ2n) is 5.87. The van der Waals surface area contributed by atoms with Crippen LogP contribution >= 0.6 is 11.6 Å². The first-order chi connectivity index (χ1) is 12.6. The monoisotopic (exact) mass is 366 g/mol. The number of benzene rings is 2. The largest absolute Gasteiger partial charge is 0.462 e. The molecule has 0 amide bonds. The number of carbonyl (C=O) groups excluding carboxylic acids is 1. The Morgan fingerprint density at radius 2 is 2.00 bits per heavy atom. The Bertz CT molecular complexity index is 1210. The molecule has 2 N–H and O–H groups in total. The molecule has 6 heteroatoms. The maximum absolute atomic E-state index is 12.3. The molecule has 5 nitrogen and oxygen atoms in total. The van der Waals surface area contributed by atoms with Crippen LogP contribution in [0.2, 0.25) is 5.02 Å². The van der Waals surface area contributed by atoms with Crippen molar-refractivity contribution >= 4 is 39.4 Å².